The van der Waals surface area contributed by atoms with Crippen LogP contribution < -0.4 is 5.32 Å². The molecule has 4 heteroatoms. The number of hydrogen-bond donors (Lipinski definition) is 2. The molecule has 2 aromatic rings. The van der Waals surface area contributed by atoms with Crippen LogP contribution in [0.1, 0.15) is 23.0 Å². The topological polar surface area (TPSA) is 45.4 Å². The normalized spacial score (nSPS) is 12.6. The Hall–Kier alpha value is -1.65. The largest absolute Gasteiger partial charge is 0.468 e. The highest BCUT2D eigenvalue weighted by Gasteiger charge is 2.09. The minimum atomic E-state index is -0.653. The Labute approximate surface area is 105 Å². The molecule has 1 aromatic carbocycles. The molecular weight excluding hydrogens is 233 g/mol. The van der Waals surface area contributed by atoms with Gasteiger partial charge in [0.2, 0.25) is 0 Å². The van der Waals surface area contributed by atoms with Gasteiger partial charge in [0.05, 0.1) is 18.9 Å². The van der Waals surface area contributed by atoms with Crippen molar-refractivity contribution < 1.29 is 13.9 Å². The van der Waals surface area contributed by atoms with Crippen molar-refractivity contribution in [3.63, 3.8) is 0 Å². The summed E-state index contributed by atoms with van der Waals surface area (Å²) in [5, 5.41) is 13.0. The number of benzene rings is 1. The summed E-state index contributed by atoms with van der Waals surface area (Å²) in [6.45, 7) is 2.64. The van der Waals surface area contributed by atoms with Gasteiger partial charge in [-0.05, 0) is 36.2 Å². The predicted octanol–water partition coefficient (Wildman–Crippen LogP) is 2.55. The zero-order valence-electron chi connectivity index (χ0n) is 10.2. The third-order valence-corrected chi connectivity index (χ3v) is 2.78. The molecule has 1 heterocycles. The fraction of sp³-hybridized carbons (Fsp3) is 0.286. The van der Waals surface area contributed by atoms with Crippen LogP contribution in [0.25, 0.3) is 0 Å². The van der Waals surface area contributed by atoms with Gasteiger partial charge in [0.25, 0.3) is 0 Å². The molecule has 1 unspecified atom stereocenters. The van der Waals surface area contributed by atoms with Crippen molar-refractivity contribution in [1.29, 1.82) is 0 Å². The second-order valence-corrected chi connectivity index (χ2v) is 4.23. The van der Waals surface area contributed by atoms with E-state index in [1.165, 1.54) is 6.07 Å². The standard InChI is InChI=1S/C14H16FNO2/c1-10-7-11(4-5-13(10)15)14(17)9-16-8-12-3-2-6-18-12/h2-7,14,16-17H,8-9H2,1H3. The first-order valence-corrected chi connectivity index (χ1v) is 5.84. The van der Waals surface area contributed by atoms with Crippen molar-refractivity contribution in [3.8, 4) is 0 Å². The van der Waals surface area contributed by atoms with Crippen molar-refractivity contribution in [2.24, 2.45) is 0 Å². The molecule has 1 atom stereocenters. The van der Waals surface area contributed by atoms with E-state index in [0.29, 0.717) is 24.2 Å². The number of halogens is 1. The summed E-state index contributed by atoms with van der Waals surface area (Å²) in [4.78, 5) is 0. The lowest BCUT2D eigenvalue weighted by Gasteiger charge is -2.12. The van der Waals surface area contributed by atoms with Gasteiger partial charge in [-0.3, -0.25) is 0 Å². The van der Waals surface area contributed by atoms with E-state index >= 15 is 0 Å². The molecule has 0 aliphatic carbocycles. The number of aliphatic hydroxyl groups excluding tert-OH is 1. The van der Waals surface area contributed by atoms with Crippen LogP contribution in [0, 0.1) is 12.7 Å². The van der Waals surface area contributed by atoms with Crippen molar-refractivity contribution in [1.82, 2.24) is 5.32 Å². The van der Waals surface area contributed by atoms with Crippen LogP contribution in [0.4, 0.5) is 4.39 Å². The number of aryl methyl sites for hydroxylation is 1. The second-order valence-electron chi connectivity index (χ2n) is 4.23. The predicted molar refractivity (Wildman–Crippen MR) is 66.5 cm³/mol. The van der Waals surface area contributed by atoms with Crippen molar-refractivity contribution in [2.75, 3.05) is 6.54 Å². The number of furan rings is 1. The number of rotatable bonds is 5. The third-order valence-electron chi connectivity index (χ3n) is 2.78. The van der Waals surface area contributed by atoms with Crippen LogP contribution in [0.5, 0.6) is 0 Å². The molecule has 3 nitrogen and oxygen atoms in total. The zero-order valence-corrected chi connectivity index (χ0v) is 10.2. The Bertz CT molecular complexity index is 497. The van der Waals surface area contributed by atoms with Crippen molar-refractivity contribution in [3.05, 3.63) is 59.3 Å². The number of hydrogen-bond acceptors (Lipinski definition) is 3. The lowest BCUT2D eigenvalue weighted by molar-refractivity contribution is 0.173. The quantitative estimate of drug-likeness (QED) is 0.856. The molecule has 0 aliphatic rings. The highest BCUT2D eigenvalue weighted by molar-refractivity contribution is 5.25. The molecule has 0 aliphatic heterocycles. The van der Waals surface area contributed by atoms with E-state index < -0.39 is 6.10 Å². The molecule has 0 amide bonds. The first kappa shape index (κ1) is 12.8. The van der Waals surface area contributed by atoms with Gasteiger partial charge in [0, 0.05) is 6.54 Å². The molecule has 0 radical (unpaired) electrons. The van der Waals surface area contributed by atoms with Crippen molar-refractivity contribution >= 4 is 0 Å². The highest BCUT2D eigenvalue weighted by atomic mass is 19.1. The van der Waals surface area contributed by atoms with Gasteiger partial charge in [-0.1, -0.05) is 12.1 Å². The molecule has 0 fully saturated rings. The summed E-state index contributed by atoms with van der Waals surface area (Å²) in [7, 11) is 0. The highest BCUT2D eigenvalue weighted by Crippen LogP contribution is 2.16. The average molecular weight is 249 g/mol. The molecule has 0 saturated carbocycles. The van der Waals surface area contributed by atoms with E-state index in [9.17, 15) is 9.50 Å². The van der Waals surface area contributed by atoms with E-state index in [4.69, 9.17) is 4.42 Å². The number of nitrogens with one attached hydrogen (secondary N) is 1. The minimum absolute atomic E-state index is 0.255. The van der Waals surface area contributed by atoms with Gasteiger partial charge >= 0.3 is 0 Å². The van der Waals surface area contributed by atoms with Gasteiger partial charge in [0.15, 0.2) is 0 Å². The first-order valence-electron chi connectivity index (χ1n) is 5.84. The smallest absolute Gasteiger partial charge is 0.126 e. The second kappa shape index (κ2) is 5.80. The Kier molecular flexibility index (Phi) is 4.12. The minimum Gasteiger partial charge on any atom is -0.468 e. The van der Waals surface area contributed by atoms with E-state index in [0.717, 1.165) is 5.76 Å². The van der Waals surface area contributed by atoms with Crippen LogP contribution in [0.3, 0.4) is 0 Å². The van der Waals surface area contributed by atoms with Gasteiger partial charge in [-0.2, -0.15) is 0 Å². The molecule has 0 saturated heterocycles. The Balaban J connectivity index is 1.87. The molecular formula is C14H16FNO2. The van der Waals surface area contributed by atoms with E-state index in [-0.39, 0.29) is 5.82 Å². The summed E-state index contributed by atoms with van der Waals surface area (Å²) in [5.41, 5.74) is 1.25. The van der Waals surface area contributed by atoms with Crippen LogP contribution in [0.2, 0.25) is 0 Å². The molecule has 0 bridgehead atoms. The maximum Gasteiger partial charge on any atom is 0.126 e. The summed E-state index contributed by atoms with van der Waals surface area (Å²) in [5.74, 6) is 0.562. The van der Waals surface area contributed by atoms with E-state index in [1.807, 2.05) is 12.1 Å². The maximum atomic E-state index is 13.1. The van der Waals surface area contributed by atoms with Gasteiger partial charge in [-0.25, -0.2) is 4.39 Å². The summed E-state index contributed by atoms with van der Waals surface area (Å²) in [6.07, 6.45) is 0.954. The van der Waals surface area contributed by atoms with Gasteiger partial charge in [-0.15, -0.1) is 0 Å². The number of aliphatic hydroxyl groups is 1. The van der Waals surface area contributed by atoms with E-state index in [2.05, 4.69) is 5.32 Å². The first-order chi connectivity index (χ1) is 8.66. The SMILES string of the molecule is Cc1cc(C(O)CNCc2ccco2)ccc1F. The van der Waals surface area contributed by atoms with Crippen LogP contribution in [-0.4, -0.2) is 11.7 Å². The zero-order chi connectivity index (χ0) is 13.0. The molecule has 2 rings (SSSR count). The molecule has 96 valence electrons. The molecule has 2 N–H and O–H groups in total. The third kappa shape index (κ3) is 3.18. The maximum absolute atomic E-state index is 13.1. The molecule has 0 spiro atoms. The van der Waals surface area contributed by atoms with Gasteiger partial charge < -0.3 is 14.8 Å². The summed E-state index contributed by atoms with van der Waals surface area (Å²) < 4.78 is 18.3. The van der Waals surface area contributed by atoms with E-state index in [1.54, 1.807) is 25.3 Å². The molecule has 18 heavy (non-hydrogen) atoms. The van der Waals surface area contributed by atoms with Crippen LogP contribution in [-0.2, 0) is 6.54 Å². The van der Waals surface area contributed by atoms with Crippen LogP contribution in [0.15, 0.2) is 41.0 Å². The summed E-state index contributed by atoms with van der Waals surface area (Å²) >= 11 is 0. The Morgan fingerprint density at radius 1 is 1.39 bits per heavy atom. The Morgan fingerprint density at radius 3 is 2.89 bits per heavy atom. The van der Waals surface area contributed by atoms with Crippen molar-refractivity contribution in [2.45, 2.75) is 19.6 Å². The molecule has 1 aromatic heterocycles. The monoisotopic (exact) mass is 249 g/mol. The van der Waals surface area contributed by atoms with Gasteiger partial charge in [0.1, 0.15) is 11.6 Å². The Morgan fingerprint density at radius 2 is 2.22 bits per heavy atom. The summed E-state index contributed by atoms with van der Waals surface area (Å²) in [6, 6.07) is 8.31. The fourth-order valence-corrected chi connectivity index (χ4v) is 1.74. The van der Waals surface area contributed by atoms with Crippen LogP contribution >= 0.6 is 0 Å². The average Bonchev–Trinajstić information content (AvgIpc) is 2.85. The fourth-order valence-electron chi connectivity index (χ4n) is 1.74. The lowest BCUT2D eigenvalue weighted by atomic mass is 10.1. The lowest BCUT2D eigenvalue weighted by Crippen LogP contribution is -2.20.